The SMILES string of the molecule is O=C1CN(c2cccc(Br)c2)S(=O)(=O)N1. The van der Waals surface area contributed by atoms with Gasteiger partial charge in [0.1, 0.15) is 6.54 Å². The first kappa shape index (κ1) is 10.4. The molecule has 2 rings (SSSR count). The Bertz CT molecular complexity index is 514. The second-order valence-corrected chi connectivity index (χ2v) is 5.53. The monoisotopic (exact) mass is 290 g/mol. The Morgan fingerprint density at radius 1 is 1.40 bits per heavy atom. The average Bonchev–Trinajstić information content (AvgIpc) is 2.39. The molecular weight excluding hydrogens is 284 g/mol. The van der Waals surface area contributed by atoms with E-state index in [9.17, 15) is 13.2 Å². The van der Waals surface area contributed by atoms with Crippen molar-refractivity contribution in [1.82, 2.24) is 4.72 Å². The number of benzene rings is 1. The van der Waals surface area contributed by atoms with Gasteiger partial charge in [0, 0.05) is 4.47 Å². The molecule has 1 amide bonds. The van der Waals surface area contributed by atoms with Gasteiger partial charge >= 0.3 is 10.2 Å². The number of hydrogen-bond acceptors (Lipinski definition) is 3. The Labute approximate surface area is 95.4 Å². The molecule has 1 aliphatic heterocycles. The zero-order valence-corrected chi connectivity index (χ0v) is 9.88. The molecule has 0 unspecified atom stereocenters. The third-order valence-corrected chi connectivity index (χ3v) is 3.82. The van der Waals surface area contributed by atoms with Crippen LogP contribution in [0.3, 0.4) is 0 Å². The molecular formula is C8H7BrN2O3S. The first-order chi connectivity index (χ1) is 6.99. The number of carbonyl (C=O) groups is 1. The molecule has 0 atom stereocenters. The Morgan fingerprint density at radius 3 is 2.67 bits per heavy atom. The summed E-state index contributed by atoms with van der Waals surface area (Å²) in [6.45, 7) is -0.168. The molecule has 1 fully saturated rings. The predicted molar refractivity (Wildman–Crippen MR) is 58.6 cm³/mol. The van der Waals surface area contributed by atoms with Crippen LogP contribution in [0, 0.1) is 0 Å². The second-order valence-electron chi connectivity index (χ2n) is 3.02. The van der Waals surface area contributed by atoms with Crippen molar-refractivity contribution in [1.29, 1.82) is 0 Å². The van der Waals surface area contributed by atoms with Crippen LogP contribution in [0.25, 0.3) is 0 Å². The van der Waals surface area contributed by atoms with Crippen LogP contribution in [0.1, 0.15) is 0 Å². The van der Waals surface area contributed by atoms with E-state index in [4.69, 9.17) is 0 Å². The molecule has 1 aromatic carbocycles. The van der Waals surface area contributed by atoms with Crippen molar-refractivity contribution in [2.45, 2.75) is 0 Å². The van der Waals surface area contributed by atoms with Crippen molar-refractivity contribution in [3.05, 3.63) is 28.7 Å². The molecule has 5 nitrogen and oxygen atoms in total. The third kappa shape index (κ3) is 1.98. The lowest BCUT2D eigenvalue weighted by Crippen LogP contribution is -2.29. The molecule has 0 spiro atoms. The molecule has 1 aliphatic rings. The van der Waals surface area contributed by atoms with Gasteiger partial charge in [0.25, 0.3) is 5.91 Å². The lowest BCUT2D eigenvalue weighted by molar-refractivity contribution is -0.117. The fraction of sp³-hybridized carbons (Fsp3) is 0.125. The van der Waals surface area contributed by atoms with Crippen LogP contribution < -0.4 is 9.03 Å². The van der Waals surface area contributed by atoms with E-state index in [2.05, 4.69) is 15.9 Å². The van der Waals surface area contributed by atoms with Gasteiger partial charge in [-0.05, 0) is 18.2 Å². The summed E-state index contributed by atoms with van der Waals surface area (Å²) in [5.41, 5.74) is 0.461. The second kappa shape index (κ2) is 3.49. The molecule has 7 heteroatoms. The normalized spacial score (nSPS) is 19.0. The number of carbonyl (C=O) groups excluding carboxylic acids is 1. The van der Waals surface area contributed by atoms with E-state index in [1.165, 1.54) is 0 Å². The third-order valence-electron chi connectivity index (χ3n) is 1.92. The van der Waals surface area contributed by atoms with E-state index in [1.54, 1.807) is 24.3 Å². The van der Waals surface area contributed by atoms with E-state index >= 15 is 0 Å². The van der Waals surface area contributed by atoms with Crippen LogP contribution in [0.15, 0.2) is 28.7 Å². The number of amides is 1. The number of rotatable bonds is 1. The minimum Gasteiger partial charge on any atom is -0.272 e. The molecule has 0 aliphatic carbocycles. The molecule has 0 radical (unpaired) electrons. The minimum atomic E-state index is -3.69. The Balaban J connectivity index is 2.44. The topological polar surface area (TPSA) is 66.5 Å². The summed E-state index contributed by atoms with van der Waals surface area (Å²) in [5.74, 6) is -0.519. The van der Waals surface area contributed by atoms with Crippen LogP contribution in [-0.4, -0.2) is 20.9 Å². The summed E-state index contributed by atoms with van der Waals surface area (Å²) in [6, 6.07) is 6.75. The lowest BCUT2D eigenvalue weighted by Gasteiger charge is -2.14. The molecule has 15 heavy (non-hydrogen) atoms. The molecule has 80 valence electrons. The number of halogens is 1. The van der Waals surface area contributed by atoms with Gasteiger partial charge in [0.05, 0.1) is 5.69 Å². The standard InChI is InChI=1S/C8H7BrN2O3S/c9-6-2-1-3-7(4-6)11-5-8(12)10-15(11,13)14/h1-4H,5H2,(H,10,12). The van der Waals surface area contributed by atoms with Crippen molar-refractivity contribution in [2.24, 2.45) is 0 Å². The highest BCUT2D eigenvalue weighted by molar-refractivity contribution is 9.10. The van der Waals surface area contributed by atoms with E-state index in [-0.39, 0.29) is 6.54 Å². The van der Waals surface area contributed by atoms with E-state index < -0.39 is 16.1 Å². The van der Waals surface area contributed by atoms with E-state index in [0.717, 1.165) is 8.78 Å². The largest absolute Gasteiger partial charge is 0.326 e. The molecule has 1 aromatic rings. The van der Waals surface area contributed by atoms with Crippen LogP contribution >= 0.6 is 15.9 Å². The van der Waals surface area contributed by atoms with Gasteiger partial charge < -0.3 is 0 Å². The van der Waals surface area contributed by atoms with Gasteiger partial charge in [-0.3, -0.25) is 4.79 Å². The van der Waals surface area contributed by atoms with Gasteiger partial charge in [-0.2, -0.15) is 8.42 Å². The van der Waals surface area contributed by atoms with Crippen molar-refractivity contribution >= 4 is 37.7 Å². The van der Waals surface area contributed by atoms with Crippen molar-refractivity contribution < 1.29 is 13.2 Å². The summed E-state index contributed by atoms with van der Waals surface area (Å²) in [7, 11) is -3.69. The zero-order valence-electron chi connectivity index (χ0n) is 7.47. The number of nitrogens with one attached hydrogen (secondary N) is 1. The minimum absolute atomic E-state index is 0.168. The Hall–Kier alpha value is -1.08. The summed E-state index contributed by atoms with van der Waals surface area (Å²) in [6.07, 6.45) is 0. The fourth-order valence-corrected chi connectivity index (χ4v) is 2.84. The number of nitrogens with zero attached hydrogens (tertiary/aromatic N) is 1. The summed E-state index contributed by atoms with van der Waals surface area (Å²) >= 11 is 3.24. The summed E-state index contributed by atoms with van der Waals surface area (Å²) in [5, 5.41) is 0. The smallest absolute Gasteiger partial charge is 0.272 e. The summed E-state index contributed by atoms with van der Waals surface area (Å²) in [4.78, 5) is 11.0. The van der Waals surface area contributed by atoms with Crippen LogP contribution in [0.2, 0.25) is 0 Å². The number of hydrogen-bond donors (Lipinski definition) is 1. The molecule has 0 aromatic heterocycles. The Morgan fingerprint density at radius 2 is 2.13 bits per heavy atom. The van der Waals surface area contributed by atoms with Gasteiger partial charge in [0.15, 0.2) is 0 Å². The Kier molecular flexibility index (Phi) is 2.43. The van der Waals surface area contributed by atoms with Gasteiger partial charge in [-0.15, -0.1) is 0 Å². The van der Waals surface area contributed by atoms with E-state index in [0.29, 0.717) is 5.69 Å². The van der Waals surface area contributed by atoms with Gasteiger partial charge in [0.2, 0.25) is 0 Å². The van der Waals surface area contributed by atoms with Gasteiger partial charge in [-0.25, -0.2) is 9.03 Å². The van der Waals surface area contributed by atoms with Crippen LogP contribution in [0.5, 0.6) is 0 Å². The van der Waals surface area contributed by atoms with Crippen LogP contribution in [-0.2, 0) is 15.0 Å². The fourth-order valence-electron chi connectivity index (χ4n) is 1.31. The quantitative estimate of drug-likeness (QED) is 0.825. The zero-order chi connectivity index (χ0) is 11.1. The predicted octanol–water partition coefficient (Wildman–Crippen LogP) is 0.630. The van der Waals surface area contributed by atoms with Crippen molar-refractivity contribution in [2.75, 3.05) is 10.8 Å². The van der Waals surface area contributed by atoms with Crippen molar-refractivity contribution in [3.8, 4) is 0 Å². The highest BCUT2D eigenvalue weighted by Gasteiger charge is 2.33. The first-order valence-electron chi connectivity index (χ1n) is 4.08. The highest BCUT2D eigenvalue weighted by atomic mass is 79.9. The number of anilines is 1. The van der Waals surface area contributed by atoms with Crippen molar-refractivity contribution in [3.63, 3.8) is 0 Å². The maximum absolute atomic E-state index is 11.5. The summed E-state index contributed by atoms with van der Waals surface area (Å²) < 4.78 is 26.6. The molecule has 1 heterocycles. The average molecular weight is 291 g/mol. The van der Waals surface area contributed by atoms with E-state index in [1.807, 2.05) is 4.72 Å². The highest BCUT2D eigenvalue weighted by Crippen LogP contribution is 2.23. The van der Waals surface area contributed by atoms with Gasteiger partial charge in [-0.1, -0.05) is 22.0 Å². The lowest BCUT2D eigenvalue weighted by atomic mass is 10.3. The maximum Gasteiger partial charge on any atom is 0.326 e. The first-order valence-corrected chi connectivity index (χ1v) is 6.31. The van der Waals surface area contributed by atoms with Crippen LogP contribution in [0.4, 0.5) is 5.69 Å². The molecule has 0 bridgehead atoms. The molecule has 1 saturated heterocycles. The molecule has 1 N–H and O–H groups in total. The maximum atomic E-state index is 11.5. The molecule has 0 saturated carbocycles.